The highest BCUT2D eigenvalue weighted by Crippen LogP contribution is 2.15. The monoisotopic (exact) mass is 263 g/mol. The van der Waals surface area contributed by atoms with E-state index in [1.54, 1.807) is 12.1 Å². The SMILES string of the molecule is Nc1cc(N)cc(C(=O)Nc2ccc(Cl)nn2)c1. The minimum absolute atomic E-state index is 0.251. The third kappa shape index (κ3) is 2.86. The lowest BCUT2D eigenvalue weighted by atomic mass is 10.1. The summed E-state index contributed by atoms with van der Waals surface area (Å²) in [4.78, 5) is 11.9. The number of nitrogens with two attached hydrogens (primary N) is 2. The molecular formula is C11H10ClN5O. The van der Waals surface area contributed by atoms with Gasteiger partial charge in [0.1, 0.15) is 0 Å². The molecule has 18 heavy (non-hydrogen) atoms. The molecule has 0 bridgehead atoms. The molecule has 0 aliphatic carbocycles. The minimum atomic E-state index is -0.370. The van der Waals surface area contributed by atoms with Crippen LogP contribution in [0.2, 0.25) is 5.15 Å². The Morgan fingerprint density at radius 2 is 1.78 bits per heavy atom. The van der Waals surface area contributed by atoms with Gasteiger partial charge in [0.05, 0.1) is 0 Å². The normalized spacial score (nSPS) is 10.1. The van der Waals surface area contributed by atoms with Crippen LogP contribution in [0.5, 0.6) is 0 Å². The number of hydrogen-bond donors (Lipinski definition) is 3. The summed E-state index contributed by atoms with van der Waals surface area (Å²) in [5.41, 5.74) is 12.4. The molecule has 0 radical (unpaired) electrons. The van der Waals surface area contributed by atoms with Crippen LogP contribution >= 0.6 is 11.6 Å². The molecule has 0 saturated heterocycles. The van der Waals surface area contributed by atoms with Gasteiger partial charge in [-0.3, -0.25) is 4.79 Å². The Kier molecular flexibility index (Phi) is 3.29. The van der Waals surface area contributed by atoms with E-state index < -0.39 is 0 Å². The molecule has 1 heterocycles. The number of nitrogens with one attached hydrogen (secondary N) is 1. The van der Waals surface area contributed by atoms with Gasteiger partial charge in [-0.15, -0.1) is 10.2 Å². The largest absolute Gasteiger partial charge is 0.399 e. The molecular weight excluding hydrogens is 254 g/mol. The predicted octanol–water partition coefficient (Wildman–Crippen LogP) is 1.55. The highest BCUT2D eigenvalue weighted by molar-refractivity contribution is 6.29. The van der Waals surface area contributed by atoms with Crippen LogP contribution in [0.25, 0.3) is 0 Å². The first kappa shape index (κ1) is 12.1. The molecule has 2 aromatic rings. The van der Waals surface area contributed by atoms with Crippen molar-refractivity contribution in [3.63, 3.8) is 0 Å². The second-order valence-corrected chi connectivity index (χ2v) is 3.97. The molecule has 0 aliphatic rings. The van der Waals surface area contributed by atoms with E-state index in [1.807, 2.05) is 0 Å². The average molecular weight is 264 g/mol. The van der Waals surface area contributed by atoms with Crippen LogP contribution < -0.4 is 16.8 Å². The minimum Gasteiger partial charge on any atom is -0.399 e. The number of halogens is 1. The second kappa shape index (κ2) is 4.89. The molecule has 0 saturated carbocycles. The summed E-state index contributed by atoms with van der Waals surface area (Å²) >= 11 is 5.59. The van der Waals surface area contributed by atoms with Crippen molar-refractivity contribution in [3.05, 3.63) is 41.0 Å². The number of amides is 1. The standard InChI is InChI=1S/C11H10ClN5O/c12-9-1-2-10(17-16-9)15-11(18)6-3-7(13)5-8(14)4-6/h1-5H,13-14H2,(H,15,17,18). The number of benzene rings is 1. The number of carbonyl (C=O) groups is 1. The van der Waals surface area contributed by atoms with Gasteiger partial charge in [-0.05, 0) is 30.3 Å². The van der Waals surface area contributed by atoms with Crippen LogP contribution in [0.4, 0.5) is 17.2 Å². The van der Waals surface area contributed by atoms with Crippen molar-refractivity contribution in [2.45, 2.75) is 0 Å². The summed E-state index contributed by atoms with van der Waals surface area (Å²) < 4.78 is 0. The van der Waals surface area contributed by atoms with Crippen LogP contribution in [-0.4, -0.2) is 16.1 Å². The highest BCUT2D eigenvalue weighted by atomic mass is 35.5. The van der Waals surface area contributed by atoms with Crippen molar-refractivity contribution in [1.82, 2.24) is 10.2 Å². The molecule has 0 fully saturated rings. The van der Waals surface area contributed by atoms with E-state index in [0.29, 0.717) is 22.8 Å². The molecule has 7 heteroatoms. The molecule has 6 nitrogen and oxygen atoms in total. The number of rotatable bonds is 2. The predicted molar refractivity (Wildman–Crippen MR) is 70.3 cm³/mol. The first-order chi connectivity index (χ1) is 8.54. The first-order valence-electron chi connectivity index (χ1n) is 5.01. The molecule has 1 aromatic heterocycles. The van der Waals surface area contributed by atoms with Crippen LogP contribution in [0, 0.1) is 0 Å². The van der Waals surface area contributed by atoms with Crippen molar-refractivity contribution < 1.29 is 4.79 Å². The zero-order chi connectivity index (χ0) is 13.1. The maximum Gasteiger partial charge on any atom is 0.257 e. The van der Waals surface area contributed by atoms with E-state index >= 15 is 0 Å². The van der Waals surface area contributed by atoms with E-state index in [0.717, 1.165) is 0 Å². The summed E-state index contributed by atoms with van der Waals surface area (Å²) in [6.07, 6.45) is 0. The first-order valence-corrected chi connectivity index (χ1v) is 5.39. The Labute approximate surface area is 108 Å². The topological polar surface area (TPSA) is 107 Å². The van der Waals surface area contributed by atoms with E-state index in [-0.39, 0.29) is 11.1 Å². The van der Waals surface area contributed by atoms with Crippen molar-refractivity contribution in [2.24, 2.45) is 0 Å². The Morgan fingerprint density at radius 3 is 2.33 bits per heavy atom. The number of anilines is 3. The number of nitrogens with zero attached hydrogens (tertiary/aromatic N) is 2. The van der Waals surface area contributed by atoms with Gasteiger partial charge in [0.25, 0.3) is 5.91 Å². The smallest absolute Gasteiger partial charge is 0.257 e. The van der Waals surface area contributed by atoms with Crippen LogP contribution in [0.1, 0.15) is 10.4 Å². The van der Waals surface area contributed by atoms with Crippen molar-refractivity contribution in [2.75, 3.05) is 16.8 Å². The molecule has 0 aliphatic heterocycles. The fourth-order valence-corrected chi connectivity index (χ4v) is 1.48. The Morgan fingerprint density at radius 1 is 1.11 bits per heavy atom. The van der Waals surface area contributed by atoms with Gasteiger partial charge in [0.15, 0.2) is 11.0 Å². The van der Waals surface area contributed by atoms with Crippen molar-refractivity contribution >= 4 is 34.7 Å². The van der Waals surface area contributed by atoms with Gasteiger partial charge < -0.3 is 16.8 Å². The average Bonchev–Trinajstić information content (AvgIpc) is 2.31. The Bertz CT molecular complexity index is 564. The third-order valence-corrected chi connectivity index (χ3v) is 2.32. The number of nitrogen functional groups attached to an aromatic ring is 2. The van der Waals surface area contributed by atoms with Gasteiger partial charge in [-0.1, -0.05) is 11.6 Å². The van der Waals surface area contributed by atoms with E-state index in [4.69, 9.17) is 23.1 Å². The fraction of sp³-hybridized carbons (Fsp3) is 0. The van der Waals surface area contributed by atoms with Crippen molar-refractivity contribution in [3.8, 4) is 0 Å². The summed E-state index contributed by atoms with van der Waals surface area (Å²) in [5, 5.41) is 10.1. The van der Waals surface area contributed by atoms with E-state index in [2.05, 4.69) is 15.5 Å². The fourth-order valence-electron chi connectivity index (χ4n) is 1.38. The molecule has 2 rings (SSSR count). The summed E-state index contributed by atoms with van der Waals surface area (Å²) in [5.74, 6) is -0.0731. The zero-order valence-electron chi connectivity index (χ0n) is 9.22. The van der Waals surface area contributed by atoms with Gasteiger partial charge >= 0.3 is 0 Å². The van der Waals surface area contributed by atoms with E-state index in [1.165, 1.54) is 18.2 Å². The highest BCUT2D eigenvalue weighted by Gasteiger charge is 2.08. The number of hydrogen-bond acceptors (Lipinski definition) is 5. The van der Waals surface area contributed by atoms with Crippen LogP contribution in [0.15, 0.2) is 30.3 Å². The van der Waals surface area contributed by atoms with Crippen molar-refractivity contribution in [1.29, 1.82) is 0 Å². The summed E-state index contributed by atoms with van der Waals surface area (Å²) in [6, 6.07) is 7.68. The maximum absolute atomic E-state index is 11.9. The molecule has 0 spiro atoms. The second-order valence-electron chi connectivity index (χ2n) is 3.58. The lowest BCUT2D eigenvalue weighted by molar-refractivity contribution is 0.102. The quantitative estimate of drug-likeness (QED) is 0.713. The molecule has 92 valence electrons. The lowest BCUT2D eigenvalue weighted by Gasteiger charge is -2.05. The van der Waals surface area contributed by atoms with Gasteiger partial charge in [0.2, 0.25) is 0 Å². The summed E-state index contributed by atoms with van der Waals surface area (Å²) in [6.45, 7) is 0. The third-order valence-electron chi connectivity index (χ3n) is 2.11. The summed E-state index contributed by atoms with van der Waals surface area (Å²) in [7, 11) is 0. The Balaban J connectivity index is 2.19. The molecule has 5 N–H and O–H groups in total. The maximum atomic E-state index is 11.9. The Hall–Kier alpha value is -2.34. The number of carbonyl (C=O) groups excluding carboxylic acids is 1. The number of aromatic nitrogens is 2. The molecule has 1 aromatic carbocycles. The molecule has 1 amide bonds. The van der Waals surface area contributed by atoms with Gasteiger partial charge in [-0.2, -0.15) is 0 Å². The van der Waals surface area contributed by atoms with Gasteiger partial charge in [-0.25, -0.2) is 0 Å². The molecule has 0 unspecified atom stereocenters. The molecule has 0 atom stereocenters. The van der Waals surface area contributed by atoms with Gasteiger partial charge in [0, 0.05) is 16.9 Å². The van der Waals surface area contributed by atoms with Crippen LogP contribution in [-0.2, 0) is 0 Å². The van der Waals surface area contributed by atoms with E-state index in [9.17, 15) is 4.79 Å². The van der Waals surface area contributed by atoms with Crippen LogP contribution in [0.3, 0.4) is 0 Å². The zero-order valence-corrected chi connectivity index (χ0v) is 9.98. The lowest BCUT2D eigenvalue weighted by Crippen LogP contribution is -2.14.